The average Bonchev–Trinajstić information content (AvgIpc) is 2.94. The van der Waals surface area contributed by atoms with E-state index < -0.39 is 5.97 Å². The zero-order valence-electron chi connectivity index (χ0n) is 11.3. The molecule has 0 saturated carbocycles. The molecule has 3 aromatic rings. The highest BCUT2D eigenvalue weighted by Crippen LogP contribution is 2.33. The van der Waals surface area contributed by atoms with E-state index >= 15 is 0 Å². The van der Waals surface area contributed by atoms with Gasteiger partial charge in [0.1, 0.15) is 9.88 Å². The van der Waals surface area contributed by atoms with Crippen molar-refractivity contribution in [2.75, 3.05) is 0 Å². The van der Waals surface area contributed by atoms with Gasteiger partial charge in [0.15, 0.2) is 0 Å². The van der Waals surface area contributed by atoms with Gasteiger partial charge in [-0.05, 0) is 18.6 Å². The van der Waals surface area contributed by atoms with E-state index in [1.807, 2.05) is 49.4 Å². The van der Waals surface area contributed by atoms with Crippen molar-refractivity contribution in [3.8, 4) is 22.0 Å². The van der Waals surface area contributed by atoms with Crippen LogP contribution in [-0.2, 0) is 0 Å². The summed E-state index contributed by atoms with van der Waals surface area (Å²) in [4.78, 5) is 20.5. The maximum Gasteiger partial charge on any atom is 0.348 e. The standard InChI is InChI=1S/C16H12N2O2S/c1-10-7-8-12(17-9-10)15-18-13(14(21-15)16(19)20)11-5-3-2-4-6-11/h2-9H,1H3,(H,19,20). The maximum atomic E-state index is 11.4. The quantitative estimate of drug-likeness (QED) is 0.796. The number of carbonyl (C=O) groups is 1. The van der Waals surface area contributed by atoms with Crippen LogP contribution in [-0.4, -0.2) is 21.0 Å². The molecule has 3 rings (SSSR count). The summed E-state index contributed by atoms with van der Waals surface area (Å²) >= 11 is 1.15. The van der Waals surface area contributed by atoms with Gasteiger partial charge in [-0.2, -0.15) is 0 Å². The summed E-state index contributed by atoms with van der Waals surface area (Å²) < 4.78 is 0. The summed E-state index contributed by atoms with van der Waals surface area (Å²) in [6, 6.07) is 13.1. The molecule has 0 amide bonds. The zero-order valence-corrected chi connectivity index (χ0v) is 12.1. The SMILES string of the molecule is Cc1ccc(-c2nc(-c3ccccc3)c(C(=O)O)s2)nc1. The third-order valence-corrected chi connectivity index (χ3v) is 4.06. The Balaban J connectivity index is 2.13. The van der Waals surface area contributed by atoms with E-state index in [0.29, 0.717) is 16.4 Å². The van der Waals surface area contributed by atoms with Crippen LogP contribution < -0.4 is 0 Å². The summed E-state index contributed by atoms with van der Waals surface area (Å²) in [5.41, 5.74) is 3.03. The van der Waals surface area contributed by atoms with Crippen LogP contribution in [0.2, 0.25) is 0 Å². The molecule has 2 heterocycles. The maximum absolute atomic E-state index is 11.4. The van der Waals surface area contributed by atoms with Crippen LogP contribution in [0.5, 0.6) is 0 Å². The van der Waals surface area contributed by atoms with Crippen molar-refractivity contribution < 1.29 is 9.90 Å². The van der Waals surface area contributed by atoms with Crippen LogP contribution in [0, 0.1) is 6.92 Å². The summed E-state index contributed by atoms with van der Waals surface area (Å²) in [6.07, 6.45) is 1.75. The molecule has 0 radical (unpaired) electrons. The lowest BCUT2D eigenvalue weighted by Gasteiger charge is -1.97. The molecule has 2 aromatic heterocycles. The second-order valence-electron chi connectivity index (χ2n) is 4.59. The van der Waals surface area contributed by atoms with E-state index in [9.17, 15) is 9.90 Å². The summed E-state index contributed by atoms with van der Waals surface area (Å²) in [7, 11) is 0. The van der Waals surface area contributed by atoms with Crippen molar-refractivity contribution in [1.82, 2.24) is 9.97 Å². The lowest BCUT2D eigenvalue weighted by Crippen LogP contribution is -1.95. The number of carboxylic acid groups (broad SMARTS) is 1. The van der Waals surface area contributed by atoms with Crippen molar-refractivity contribution in [3.63, 3.8) is 0 Å². The molecule has 0 unspecified atom stereocenters. The molecular formula is C16H12N2O2S. The Morgan fingerprint density at radius 3 is 2.52 bits per heavy atom. The Bertz CT molecular complexity index is 780. The van der Waals surface area contributed by atoms with Crippen molar-refractivity contribution in [3.05, 3.63) is 59.1 Å². The van der Waals surface area contributed by atoms with Crippen LogP contribution in [0.15, 0.2) is 48.7 Å². The fourth-order valence-electron chi connectivity index (χ4n) is 1.96. The molecule has 0 fully saturated rings. The molecule has 0 bridgehead atoms. The first-order valence-electron chi connectivity index (χ1n) is 6.38. The fourth-order valence-corrected chi connectivity index (χ4v) is 2.86. The van der Waals surface area contributed by atoms with E-state index in [4.69, 9.17) is 0 Å². The third-order valence-electron chi connectivity index (χ3n) is 3.00. The number of hydrogen-bond donors (Lipinski definition) is 1. The minimum atomic E-state index is -0.968. The van der Waals surface area contributed by atoms with Crippen LogP contribution in [0.4, 0.5) is 0 Å². The Morgan fingerprint density at radius 1 is 1.14 bits per heavy atom. The Morgan fingerprint density at radius 2 is 1.90 bits per heavy atom. The third kappa shape index (κ3) is 2.68. The van der Waals surface area contributed by atoms with Crippen LogP contribution in [0.25, 0.3) is 22.0 Å². The van der Waals surface area contributed by atoms with Gasteiger partial charge in [0.2, 0.25) is 0 Å². The number of pyridine rings is 1. The van der Waals surface area contributed by atoms with E-state index in [-0.39, 0.29) is 4.88 Å². The Labute approximate surface area is 125 Å². The number of aryl methyl sites for hydroxylation is 1. The van der Waals surface area contributed by atoms with Gasteiger partial charge < -0.3 is 5.11 Å². The number of hydrogen-bond acceptors (Lipinski definition) is 4. The van der Waals surface area contributed by atoms with E-state index in [0.717, 1.165) is 22.5 Å². The number of aromatic nitrogens is 2. The summed E-state index contributed by atoms with van der Waals surface area (Å²) in [5.74, 6) is -0.968. The van der Waals surface area contributed by atoms with Crippen molar-refractivity contribution >= 4 is 17.3 Å². The molecule has 104 valence electrons. The molecule has 4 nitrogen and oxygen atoms in total. The van der Waals surface area contributed by atoms with Gasteiger partial charge in [-0.1, -0.05) is 36.4 Å². The number of rotatable bonds is 3. The molecule has 0 aliphatic rings. The van der Waals surface area contributed by atoms with Gasteiger partial charge in [-0.15, -0.1) is 11.3 Å². The largest absolute Gasteiger partial charge is 0.477 e. The predicted octanol–water partition coefficient (Wildman–Crippen LogP) is 3.88. The minimum absolute atomic E-state index is 0.235. The molecule has 1 aromatic carbocycles. The smallest absolute Gasteiger partial charge is 0.348 e. The molecule has 1 N–H and O–H groups in total. The highest BCUT2D eigenvalue weighted by molar-refractivity contribution is 7.17. The second-order valence-corrected chi connectivity index (χ2v) is 5.59. The van der Waals surface area contributed by atoms with Gasteiger partial charge in [0.25, 0.3) is 0 Å². The van der Waals surface area contributed by atoms with Crippen LogP contribution in [0.1, 0.15) is 15.2 Å². The molecule has 0 spiro atoms. The van der Waals surface area contributed by atoms with E-state index in [2.05, 4.69) is 9.97 Å². The highest BCUT2D eigenvalue weighted by Gasteiger charge is 2.19. The summed E-state index contributed by atoms with van der Waals surface area (Å²) in [6.45, 7) is 1.96. The van der Waals surface area contributed by atoms with Crippen molar-refractivity contribution in [2.45, 2.75) is 6.92 Å². The number of nitrogens with zero attached hydrogens (tertiary/aromatic N) is 2. The predicted molar refractivity (Wildman–Crippen MR) is 82.5 cm³/mol. The molecule has 5 heteroatoms. The summed E-state index contributed by atoms with van der Waals surface area (Å²) in [5, 5.41) is 10.00. The van der Waals surface area contributed by atoms with Crippen molar-refractivity contribution in [1.29, 1.82) is 0 Å². The Kier molecular flexibility index (Phi) is 3.50. The van der Waals surface area contributed by atoms with Gasteiger partial charge in [0.05, 0.1) is 11.4 Å². The molecule has 0 aliphatic heterocycles. The van der Waals surface area contributed by atoms with E-state index in [1.54, 1.807) is 6.20 Å². The van der Waals surface area contributed by atoms with Gasteiger partial charge in [0, 0.05) is 11.8 Å². The fraction of sp³-hybridized carbons (Fsp3) is 0.0625. The number of benzene rings is 1. The van der Waals surface area contributed by atoms with E-state index in [1.165, 1.54) is 0 Å². The topological polar surface area (TPSA) is 63.1 Å². The zero-order chi connectivity index (χ0) is 14.8. The van der Waals surface area contributed by atoms with Gasteiger partial charge >= 0.3 is 5.97 Å². The van der Waals surface area contributed by atoms with Gasteiger partial charge in [-0.3, -0.25) is 4.98 Å². The van der Waals surface area contributed by atoms with Crippen LogP contribution in [0.3, 0.4) is 0 Å². The first kappa shape index (κ1) is 13.5. The monoisotopic (exact) mass is 296 g/mol. The molecular weight excluding hydrogens is 284 g/mol. The van der Waals surface area contributed by atoms with Crippen LogP contribution >= 0.6 is 11.3 Å². The molecule has 0 saturated heterocycles. The minimum Gasteiger partial charge on any atom is -0.477 e. The number of aromatic carboxylic acids is 1. The number of thiazole rings is 1. The van der Waals surface area contributed by atoms with Crippen molar-refractivity contribution in [2.24, 2.45) is 0 Å². The van der Waals surface area contributed by atoms with Gasteiger partial charge in [-0.25, -0.2) is 9.78 Å². The lowest BCUT2D eigenvalue weighted by atomic mass is 10.1. The molecule has 0 aliphatic carbocycles. The lowest BCUT2D eigenvalue weighted by molar-refractivity contribution is 0.0702. The molecule has 0 atom stereocenters. The average molecular weight is 296 g/mol. The molecule has 21 heavy (non-hydrogen) atoms. The number of carboxylic acids is 1. The normalized spacial score (nSPS) is 10.5. The Hall–Kier alpha value is -2.53. The first-order valence-corrected chi connectivity index (χ1v) is 7.19. The first-order chi connectivity index (χ1) is 10.1. The second kappa shape index (κ2) is 5.46. The highest BCUT2D eigenvalue weighted by atomic mass is 32.1.